The average molecular weight is 206 g/mol. The highest BCUT2D eigenvalue weighted by Gasteiger charge is 2.21. The number of anilines is 1. The number of aromatic nitrogens is 2. The number of aryl methyl sites for hydroxylation is 1. The van der Waals surface area contributed by atoms with Crippen molar-refractivity contribution in [1.82, 2.24) is 9.97 Å². The lowest BCUT2D eigenvalue weighted by Crippen LogP contribution is -2.42. The minimum atomic E-state index is 0.239. The number of nitrogens with one attached hydrogen (secondary N) is 1. The van der Waals surface area contributed by atoms with E-state index in [0.717, 1.165) is 18.4 Å². The van der Waals surface area contributed by atoms with Crippen molar-refractivity contribution in [1.29, 1.82) is 0 Å². The summed E-state index contributed by atoms with van der Waals surface area (Å²) in [5.41, 5.74) is 7.12. The summed E-state index contributed by atoms with van der Waals surface area (Å²) >= 11 is 0. The van der Waals surface area contributed by atoms with E-state index in [1.54, 1.807) is 0 Å². The molecule has 1 aromatic rings. The molecule has 0 radical (unpaired) electrons. The second kappa shape index (κ2) is 4.57. The minimum absolute atomic E-state index is 0.239. The number of nitrogens with two attached hydrogens (primary N) is 1. The molecule has 1 aromatic heterocycles. The molecule has 0 bridgehead atoms. The predicted octanol–water partition coefficient (Wildman–Crippen LogP) is 1.47. The van der Waals surface area contributed by atoms with E-state index < -0.39 is 0 Å². The van der Waals surface area contributed by atoms with Crippen molar-refractivity contribution >= 4 is 5.95 Å². The average Bonchev–Trinajstić information content (AvgIpc) is 2.25. The molecule has 3 N–H and O–H groups in total. The van der Waals surface area contributed by atoms with Crippen LogP contribution in [0.25, 0.3) is 0 Å². The molecule has 1 fully saturated rings. The van der Waals surface area contributed by atoms with Crippen LogP contribution in [0.5, 0.6) is 0 Å². The lowest BCUT2D eigenvalue weighted by molar-refractivity contribution is 0.402. The summed E-state index contributed by atoms with van der Waals surface area (Å²) in [4.78, 5) is 8.46. The van der Waals surface area contributed by atoms with Gasteiger partial charge >= 0.3 is 0 Å². The second-order valence-electron chi connectivity index (χ2n) is 4.28. The zero-order chi connectivity index (χ0) is 10.7. The van der Waals surface area contributed by atoms with Gasteiger partial charge in [0.15, 0.2) is 0 Å². The lowest BCUT2D eigenvalue weighted by atomic mass is 9.91. The van der Waals surface area contributed by atoms with Crippen molar-refractivity contribution in [2.45, 2.75) is 44.7 Å². The largest absolute Gasteiger partial charge is 0.350 e. The third-order valence-electron chi connectivity index (χ3n) is 2.91. The highest BCUT2D eigenvalue weighted by atomic mass is 15.1. The van der Waals surface area contributed by atoms with Crippen molar-refractivity contribution < 1.29 is 0 Å². The van der Waals surface area contributed by atoms with Crippen molar-refractivity contribution in [2.75, 3.05) is 5.32 Å². The molecular formula is C11H18N4. The van der Waals surface area contributed by atoms with Crippen LogP contribution in [0.2, 0.25) is 0 Å². The van der Waals surface area contributed by atoms with E-state index in [1.807, 2.05) is 19.3 Å². The molecule has 1 aliphatic rings. The molecule has 15 heavy (non-hydrogen) atoms. The zero-order valence-corrected chi connectivity index (χ0v) is 9.11. The van der Waals surface area contributed by atoms with Gasteiger partial charge in [0.05, 0.1) is 0 Å². The van der Waals surface area contributed by atoms with Crippen molar-refractivity contribution in [3.05, 3.63) is 18.0 Å². The molecule has 0 aromatic carbocycles. The van der Waals surface area contributed by atoms with Crippen LogP contribution in [-0.4, -0.2) is 22.1 Å². The lowest BCUT2D eigenvalue weighted by Gasteiger charge is -2.29. The Balaban J connectivity index is 1.98. The van der Waals surface area contributed by atoms with Gasteiger partial charge < -0.3 is 11.1 Å². The number of hydrogen-bond acceptors (Lipinski definition) is 4. The van der Waals surface area contributed by atoms with Crippen LogP contribution in [0, 0.1) is 6.92 Å². The maximum absolute atomic E-state index is 6.04. The van der Waals surface area contributed by atoms with Gasteiger partial charge in [0.2, 0.25) is 5.95 Å². The van der Waals surface area contributed by atoms with Crippen LogP contribution in [0.3, 0.4) is 0 Å². The first-order valence-electron chi connectivity index (χ1n) is 5.56. The Bertz CT molecular complexity index is 309. The first-order valence-corrected chi connectivity index (χ1v) is 5.56. The molecule has 2 unspecified atom stereocenters. The molecule has 0 saturated heterocycles. The molecular weight excluding hydrogens is 188 g/mol. The van der Waals surface area contributed by atoms with Crippen LogP contribution in [0.1, 0.15) is 31.2 Å². The van der Waals surface area contributed by atoms with Gasteiger partial charge in [-0.25, -0.2) is 9.97 Å². The second-order valence-corrected chi connectivity index (χ2v) is 4.28. The Morgan fingerprint density at radius 1 is 1.27 bits per heavy atom. The summed E-state index contributed by atoms with van der Waals surface area (Å²) in [7, 11) is 0. The van der Waals surface area contributed by atoms with E-state index in [2.05, 4.69) is 15.3 Å². The quantitative estimate of drug-likeness (QED) is 0.769. The molecule has 1 heterocycles. The molecule has 1 aliphatic carbocycles. The molecule has 1 saturated carbocycles. The standard InChI is InChI=1S/C11H18N4/c1-8-6-13-11(14-7-8)15-10-5-3-2-4-9(10)12/h6-7,9-10H,2-5,12H2,1H3,(H,13,14,15). The van der Waals surface area contributed by atoms with Crippen LogP contribution < -0.4 is 11.1 Å². The Hall–Kier alpha value is -1.16. The molecule has 4 heteroatoms. The van der Waals surface area contributed by atoms with Gasteiger partial charge in [-0.3, -0.25) is 0 Å². The number of nitrogens with zero attached hydrogens (tertiary/aromatic N) is 2. The SMILES string of the molecule is Cc1cnc(NC2CCCCC2N)nc1. The van der Waals surface area contributed by atoms with Gasteiger partial charge in [-0.2, -0.15) is 0 Å². The molecule has 82 valence electrons. The normalized spacial score (nSPS) is 26.3. The van der Waals surface area contributed by atoms with Gasteiger partial charge in [0.1, 0.15) is 0 Å². The first-order chi connectivity index (χ1) is 7.25. The summed E-state index contributed by atoms with van der Waals surface area (Å²) < 4.78 is 0. The zero-order valence-electron chi connectivity index (χ0n) is 9.11. The van der Waals surface area contributed by atoms with Gasteiger partial charge in [-0.1, -0.05) is 12.8 Å². The van der Waals surface area contributed by atoms with Gasteiger partial charge in [-0.05, 0) is 25.3 Å². The maximum Gasteiger partial charge on any atom is 0.222 e. The smallest absolute Gasteiger partial charge is 0.222 e. The first kappa shape index (κ1) is 10.4. The van der Waals surface area contributed by atoms with Crippen LogP contribution in [-0.2, 0) is 0 Å². The summed E-state index contributed by atoms with van der Waals surface area (Å²) in [6.45, 7) is 1.98. The third kappa shape index (κ3) is 2.65. The van der Waals surface area contributed by atoms with Crippen LogP contribution in [0.4, 0.5) is 5.95 Å². The fourth-order valence-electron chi connectivity index (χ4n) is 1.97. The van der Waals surface area contributed by atoms with Gasteiger partial charge in [0, 0.05) is 24.5 Å². The van der Waals surface area contributed by atoms with Crippen molar-refractivity contribution in [3.63, 3.8) is 0 Å². The third-order valence-corrected chi connectivity index (χ3v) is 2.91. The highest BCUT2D eigenvalue weighted by Crippen LogP contribution is 2.19. The summed E-state index contributed by atoms with van der Waals surface area (Å²) in [5.74, 6) is 0.697. The van der Waals surface area contributed by atoms with Crippen LogP contribution in [0.15, 0.2) is 12.4 Å². The van der Waals surface area contributed by atoms with Gasteiger partial charge in [-0.15, -0.1) is 0 Å². The minimum Gasteiger partial charge on any atom is -0.350 e. The van der Waals surface area contributed by atoms with Crippen LogP contribution >= 0.6 is 0 Å². The molecule has 2 rings (SSSR count). The Kier molecular flexibility index (Phi) is 3.16. The van der Waals surface area contributed by atoms with E-state index in [9.17, 15) is 0 Å². The molecule has 4 nitrogen and oxygen atoms in total. The van der Waals surface area contributed by atoms with E-state index in [-0.39, 0.29) is 6.04 Å². The topological polar surface area (TPSA) is 63.8 Å². The fraction of sp³-hybridized carbons (Fsp3) is 0.636. The number of rotatable bonds is 2. The number of hydrogen-bond donors (Lipinski definition) is 2. The molecule has 0 aliphatic heterocycles. The van der Waals surface area contributed by atoms with E-state index in [1.165, 1.54) is 12.8 Å². The van der Waals surface area contributed by atoms with Crippen molar-refractivity contribution in [2.24, 2.45) is 5.73 Å². The maximum atomic E-state index is 6.04. The Labute approximate surface area is 90.3 Å². The summed E-state index contributed by atoms with van der Waals surface area (Å²) in [6.07, 6.45) is 8.36. The predicted molar refractivity (Wildman–Crippen MR) is 60.6 cm³/mol. The molecule has 2 atom stereocenters. The Morgan fingerprint density at radius 2 is 1.93 bits per heavy atom. The Morgan fingerprint density at radius 3 is 2.60 bits per heavy atom. The monoisotopic (exact) mass is 206 g/mol. The van der Waals surface area contributed by atoms with Gasteiger partial charge in [0.25, 0.3) is 0 Å². The van der Waals surface area contributed by atoms with E-state index >= 15 is 0 Å². The summed E-state index contributed by atoms with van der Waals surface area (Å²) in [6, 6.07) is 0.574. The summed E-state index contributed by atoms with van der Waals surface area (Å²) in [5, 5.41) is 3.31. The molecule has 0 spiro atoms. The highest BCUT2D eigenvalue weighted by molar-refractivity contribution is 5.27. The fourth-order valence-corrected chi connectivity index (χ4v) is 1.97. The van der Waals surface area contributed by atoms with E-state index in [0.29, 0.717) is 12.0 Å². The van der Waals surface area contributed by atoms with E-state index in [4.69, 9.17) is 5.73 Å². The van der Waals surface area contributed by atoms with Crippen molar-refractivity contribution in [3.8, 4) is 0 Å². The molecule has 0 amide bonds.